The van der Waals surface area contributed by atoms with Crippen LogP contribution in [0.4, 0.5) is 0 Å². The highest BCUT2D eigenvalue weighted by Gasteiger charge is 2.18. The molecule has 4 aromatic rings. The van der Waals surface area contributed by atoms with Crippen LogP contribution in [0.1, 0.15) is 21.1 Å². The van der Waals surface area contributed by atoms with Gasteiger partial charge in [-0.2, -0.15) is 0 Å². The third kappa shape index (κ3) is 3.78. The molecule has 2 aromatic carbocycles. The average molecular weight is 462 g/mol. The highest BCUT2D eigenvalue weighted by atomic mass is 79.9. The van der Waals surface area contributed by atoms with Crippen molar-refractivity contribution in [3.05, 3.63) is 73.7 Å². The quantitative estimate of drug-likeness (QED) is 0.393. The first-order valence-electron chi connectivity index (χ1n) is 8.18. The Balaban J connectivity index is 1.48. The lowest BCUT2D eigenvalue weighted by Gasteiger charge is -2.01. The number of rotatable bonds is 4. The Morgan fingerprint density at radius 3 is 2.81 bits per heavy atom. The molecule has 0 atom stereocenters. The summed E-state index contributed by atoms with van der Waals surface area (Å²) in [7, 11) is 0. The van der Waals surface area contributed by atoms with E-state index >= 15 is 0 Å². The molecule has 0 radical (unpaired) electrons. The van der Waals surface area contributed by atoms with E-state index in [0.717, 1.165) is 31.7 Å². The van der Waals surface area contributed by atoms with Crippen LogP contribution in [0.5, 0.6) is 0 Å². The van der Waals surface area contributed by atoms with E-state index in [1.807, 2.05) is 54.8 Å². The molecule has 1 amide bonds. The first-order valence-corrected chi connectivity index (χ1v) is 10.2. The van der Waals surface area contributed by atoms with Crippen LogP contribution in [-0.2, 0) is 6.54 Å². The molecule has 1 N–H and O–H groups in total. The molecule has 2 aromatic heterocycles. The number of hydrogen-bond donors (Lipinski definition) is 1. The number of fused-ring (bicyclic) bond motifs is 1. The number of nitrogens with zero attached hydrogens (tertiary/aromatic N) is 1. The summed E-state index contributed by atoms with van der Waals surface area (Å²) < 4.78 is 6.65. The molecule has 2 heterocycles. The number of aromatic nitrogens is 1. The predicted molar refractivity (Wildman–Crippen MR) is 112 cm³/mol. The van der Waals surface area contributed by atoms with Gasteiger partial charge in [-0.15, -0.1) is 11.3 Å². The average Bonchev–Trinajstić information content (AvgIpc) is 3.25. The fraction of sp³-hybridized carbons (Fsp3) is 0.100. The van der Waals surface area contributed by atoms with Gasteiger partial charge < -0.3 is 9.73 Å². The van der Waals surface area contributed by atoms with Gasteiger partial charge in [0, 0.05) is 31.4 Å². The zero-order chi connectivity index (χ0) is 19.0. The fourth-order valence-corrected chi connectivity index (χ4v) is 4.01. The van der Waals surface area contributed by atoms with Gasteiger partial charge >= 0.3 is 0 Å². The molecule has 0 unspecified atom stereocenters. The Hall–Kier alpha value is -2.15. The van der Waals surface area contributed by atoms with Gasteiger partial charge in [-0.1, -0.05) is 39.7 Å². The van der Waals surface area contributed by atoms with Crippen LogP contribution >= 0.6 is 38.9 Å². The van der Waals surface area contributed by atoms with E-state index in [0.29, 0.717) is 22.9 Å². The van der Waals surface area contributed by atoms with E-state index in [1.54, 1.807) is 0 Å². The number of amides is 1. The van der Waals surface area contributed by atoms with Gasteiger partial charge in [0.15, 0.2) is 5.76 Å². The minimum absolute atomic E-state index is 0.247. The van der Waals surface area contributed by atoms with E-state index in [1.165, 1.54) is 11.3 Å². The van der Waals surface area contributed by atoms with E-state index in [9.17, 15) is 4.79 Å². The van der Waals surface area contributed by atoms with Crippen LogP contribution in [-0.4, -0.2) is 10.9 Å². The van der Waals surface area contributed by atoms with E-state index in [-0.39, 0.29) is 5.91 Å². The van der Waals surface area contributed by atoms with Crippen LogP contribution in [0.15, 0.2) is 56.7 Å². The number of hydrogen-bond acceptors (Lipinski definition) is 4. The van der Waals surface area contributed by atoms with Crippen molar-refractivity contribution in [3.8, 4) is 11.3 Å². The topological polar surface area (TPSA) is 55.1 Å². The monoisotopic (exact) mass is 460 g/mol. The van der Waals surface area contributed by atoms with Gasteiger partial charge in [0.2, 0.25) is 0 Å². The molecule has 27 heavy (non-hydrogen) atoms. The molecule has 4 rings (SSSR count). The van der Waals surface area contributed by atoms with Gasteiger partial charge in [0.05, 0.1) is 12.2 Å². The lowest BCUT2D eigenvalue weighted by atomic mass is 10.1. The molecule has 0 bridgehead atoms. The fourth-order valence-electron chi connectivity index (χ4n) is 2.80. The maximum atomic E-state index is 12.6. The molecule has 0 aliphatic rings. The van der Waals surface area contributed by atoms with Crippen LogP contribution in [0.3, 0.4) is 0 Å². The molecule has 0 aliphatic carbocycles. The normalized spacial score (nSPS) is 11.1. The Labute approximate surface area is 173 Å². The van der Waals surface area contributed by atoms with Crippen LogP contribution in [0, 0.1) is 6.92 Å². The molecule has 0 aliphatic heterocycles. The number of nitrogens with one attached hydrogen (secondary N) is 1. The summed E-state index contributed by atoms with van der Waals surface area (Å²) in [5, 5.41) is 7.30. The van der Waals surface area contributed by atoms with Crippen molar-refractivity contribution in [1.82, 2.24) is 10.3 Å². The van der Waals surface area contributed by atoms with Crippen molar-refractivity contribution in [3.63, 3.8) is 0 Å². The highest BCUT2D eigenvalue weighted by molar-refractivity contribution is 9.10. The van der Waals surface area contributed by atoms with Gasteiger partial charge in [-0.25, -0.2) is 4.98 Å². The number of carbonyl (C=O) groups is 1. The highest BCUT2D eigenvalue weighted by Crippen LogP contribution is 2.28. The number of thiazole rings is 1. The molecular formula is C20H14BrClN2O2S. The number of aryl methyl sites for hydroxylation is 1. The van der Waals surface area contributed by atoms with Crippen LogP contribution < -0.4 is 5.32 Å². The summed E-state index contributed by atoms with van der Waals surface area (Å²) in [5.74, 6) is 0.0839. The second-order valence-electron chi connectivity index (χ2n) is 6.01. The van der Waals surface area contributed by atoms with Gasteiger partial charge in [0.25, 0.3) is 5.91 Å². The van der Waals surface area contributed by atoms with Gasteiger partial charge in [-0.05, 0) is 37.3 Å². The second kappa shape index (κ2) is 7.46. The summed E-state index contributed by atoms with van der Waals surface area (Å²) in [6.07, 6.45) is 0. The molecule has 4 nitrogen and oxygen atoms in total. The van der Waals surface area contributed by atoms with Crippen molar-refractivity contribution in [1.29, 1.82) is 0 Å². The number of carbonyl (C=O) groups excluding carboxylic acids is 1. The third-order valence-electron chi connectivity index (χ3n) is 4.20. The minimum atomic E-state index is -0.247. The van der Waals surface area contributed by atoms with Crippen molar-refractivity contribution in [2.24, 2.45) is 0 Å². The van der Waals surface area contributed by atoms with Crippen molar-refractivity contribution in [2.75, 3.05) is 0 Å². The van der Waals surface area contributed by atoms with E-state index < -0.39 is 0 Å². The largest absolute Gasteiger partial charge is 0.451 e. The number of furan rings is 1. The number of halogens is 2. The molecule has 136 valence electrons. The van der Waals surface area contributed by atoms with Crippen molar-refractivity contribution >= 4 is 55.7 Å². The Bertz CT molecular complexity index is 1130. The summed E-state index contributed by atoms with van der Waals surface area (Å²) >= 11 is 10.8. The summed E-state index contributed by atoms with van der Waals surface area (Å²) in [4.78, 5) is 17.1. The third-order valence-corrected chi connectivity index (χ3v) is 5.79. The molecule has 0 saturated carbocycles. The first kappa shape index (κ1) is 18.2. The van der Waals surface area contributed by atoms with Gasteiger partial charge in [-0.3, -0.25) is 4.79 Å². The van der Waals surface area contributed by atoms with Crippen molar-refractivity contribution in [2.45, 2.75) is 13.5 Å². The minimum Gasteiger partial charge on any atom is -0.451 e. The zero-order valence-corrected chi connectivity index (χ0v) is 17.4. The predicted octanol–water partition coefficient (Wildman–Crippen LogP) is 6.21. The Kier molecular flexibility index (Phi) is 5.04. The Morgan fingerprint density at radius 2 is 2.04 bits per heavy atom. The summed E-state index contributed by atoms with van der Waals surface area (Å²) in [6.45, 7) is 2.23. The Morgan fingerprint density at radius 1 is 1.26 bits per heavy atom. The molecule has 0 spiro atoms. The lowest BCUT2D eigenvalue weighted by Crippen LogP contribution is -2.22. The SMILES string of the molecule is Cc1c(C(=O)NCc2nc(-c3ccc(Cl)cc3)cs2)oc2cc(Br)ccc12. The maximum absolute atomic E-state index is 12.6. The zero-order valence-electron chi connectivity index (χ0n) is 14.3. The molecular weight excluding hydrogens is 448 g/mol. The second-order valence-corrected chi connectivity index (χ2v) is 8.31. The molecule has 0 saturated heterocycles. The molecule has 7 heteroatoms. The maximum Gasteiger partial charge on any atom is 0.287 e. The summed E-state index contributed by atoms with van der Waals surface area (Å²) in [5.41, 5.74) is 3.37. The number of benzene rings is 2. The van der Waals surface area contributed by atoms with Crippen LogP contribution in [0.25, 0.3) is 22.2 Å². The van der Waals surface area contributed by atoms with E-state index in [4.69, 9.17) is 16.0 Å². The molecule has 0 fully saturated rings. The van der Waals surface area contributed by atoms with E-state index in [2.05, 4.69) is 26.2 Å². The standard InChI is InChI=1S/C20H14BrClN2O2S/c1-11-15-7-4-13(21)8-17(15)26-19(11)20(25)23-9-18-24-16(10-27-18)12-2-5-14(22)6-3-12/h2-8,10H,9H2,1H3,(H,23,25). The van der Waals surface area contributed by atoms with Crippen LogP contribution in [0.2, 0.25) is 5.02 Å². The van der Waals surface area contributed by atoms with Gasteiger partial charge in [0.1, 0.15) is 10.6 Å². The smallest absolute Gasteiger partial charge is 0.287 e. The van der Waals surface area contributed by atoms with Crippen molar-refractivity contribution < 1.29 is 9.21 Å². The first-order chi connectivity index (χ1) is 13.0. The summed E-state index contributed by atoms with van der Waals surface area (Å²) in [6, 6.07) is 13.2. The lowest BCUT2D eigenvalue weighted by molar-refractivity contribution is 0.0924.